The van der Waals surface area contributed by atoms with E-state index in [1.54, 1.807) is 18.2 Å². The second-order valence-corrected chi connectivity index (χ2v) is 13.0. The van der Waals surface area contributed by atoms with Crippen LogP contribution in [-0.2, 0) is 30.8 Å². The van der Waals surface area contributed by atoms with Crippen molar-refractivity contribution >= 4 is 11.9 Å². The number of carboxylic acids is 1. The highest BCUT2D eigenvalue weighted by Crippen LogP contribution is 2.51. The molecule has 2 fully saturated rings. The van der Waals surface area contributed by atoms with Gasteiger partial charge in [0.2, 0.25) is 0 Å². The minimum absolute atomic E-state index is 0.105. The number of hydrogen-bond donors (Lipinski definition) is 3. The normalized spacial score (nSPS) is 25.6. The summed E-state index contributed by atoms with van der Waals surface area (Å²) >= 11 is 0. The maximum absolute atomic E-state index is 14.2. The molecule has 0 aromatic heterocycles. The van der Waals surface area contributed by atoms with Gasteiger partial charge >= 0.3 is 12.1 Å². The van der Waals surface area contributed by atoms with Gasteiger partial charge in [0.05, 0.1) is 38.0 Å². The first-order valence-electron chi connectivity index (χ1n) is 15.0. The zero-order valence-electron chi connectivity index (χ0n) is 26.1. The minimum Gasteiger partial charge on any atom is -0.496 e. The summed E-state index contributed by atoms with van der Waals surface area (Å²) in [6, 6.07) is 7.40. The fraction of sp³-hybridized carbons (Fsp3) is 0.576. The maximum atomic E-state index is 14.2. The van der Waals surface area contributed by atoms with Crippen LogP contribution in [-0.4, -0.2) is 77.3 Å². The number of amides is 1. The molecule has 45 heavy (non-hydrogen) atoms. The van der Waals surface area contributed by atoms with Gasteiger partial charge in [-0.3, -0.25) is 4.79 Å². The highest BCUT2D eigenvalue weighted by atomic mass is 19.4. The predicted octanol–water partition coefficient (Wildman–Crippen LogP) is 4.86. The molecule has 0 bridgehead atoms. The summed E-state index contributed by atoms with van der Waals surface area (Å²) in [6.45, 7) is 5.88. The van der Waals surface area contributed by atoms with Crippen molar-refractivity contribution in [1.82, 2.24) is 4.90 Å². The molecular formula is C33H42F3NO8. The number of benzene rings is 2. The van der Waals surface area contributed by atoms with Crippen molar-refractivity contribution in [2.24, 2.45) is 11.3 Å². The molecule has 0 spiro atoms. The molecule has 2 aliphatic rings. The predicted molar refractivity (Wildman–Crippen MR) is 157 cm³/mol. The van der Waals surface area contributed by atoms with Gasteiger partial charge in [0.1, 0.15) is 23.5 Å². The Balaban J connectivity index is 1.86. The number of nitrogens with zero attached hydrogens (tertiary/aromatic N) is 1. The summed E-state index contributed by atoms with van der Waals surface area (Å²) in [6.07, 6.45) is -4.71. The molecular weight excluding hydrogens is 595 g/mol. The van der Waals surface area contributed by atoms with Crippen molar-refractivity contribution in [3.05, 3.63) is 64.7 Å². The average Bonchev–Trinajstić information content (AvgIpc) is 3.35. The SMILES string of the molecule is COc1ccc(C(F)(F)F)cc1[C@](O)(CO)CO[C@H]1[C@H](C(C)(C)C)[C@@H](C(=O)O)N(C(=O)[C@@H]2CCCCO2)[C@H]1c1ccccc1C. The Hall–Kier alpha value is -3.19. The topological polar surface area (TPSA) is 126 Å². The van der Waals surface area contributed by atoms with Crippen LogP contribution in [0.4, 0.5) is 13.2 Å². The van der Waals surface area contributed by atoms with Gasteiger partial charge in [-0.15, -0.1) is 0 Å². The number of carboxylic acid groups (broad SMARTS) is 1. The molecule has 2 heterocycles. The van der Waals surface area contributed by atoms with Crippen molar-refractivity contribution in [3.63, 3.8) is 0 Å². The summed E-state index contributed by atoms with van der Waals surface area (Å²) < 4.78 is 58.4. The molecule has 2 saturated heterocycles. The van der Waals surface area contributed by atoms with Crippen LogP contribution in [0.2, 0.25) is 0 Å². The monoisotopic (exact) mass is 637 g/mol. The number of aryl methyl sites for hydroxylation is 1. The molecule has 6 atom stereocenters. The third-order valence-corrected chi connectivity index (χ3v) is 8.88. The third-order valence-electron chi connectivity index (χ3n) is 8.88. The molecule has 0 saturated carbocycles. The molecule has 0 radical (unpaired) electrons. The number of likely N-dealkylation sites (tertiary alicyclic amines) is 1. The van der Waals surface area contributed by atoms with E-state index in [1.807, 2.05) is 33.8 Å². The summed E-state index contributed by atoms with van der Waals surface area (Å²) in [5.74, 6) is -2.70. The zero-order chi connectivity index (χ0) is 33.3. The smallest absolute Gasteiger partial charge is 0.416 e. The van der Waals surface area contributed by atoms with Gasteiger partial charge in [0.15, 0.2) is 0 Å². The third kappa shape index (κ3) is 6.98. The number of aliphatic carboxylic acids is 1. The summed E-state index contributed by atoms with van der Waals surface area (Å²) in [5, 5.41) is 32.7. The van der Waals surface area contributed by atoms with Crippen molar-refractivity contribution in [3.8, 4) is 5.75 Å². The van der Waals surface area contributed by atoms with Crippen LogP contribution in [0.3, 0.4) is 0 Å². The number of rotatable bonds is 9. The fourth-order valence-electron chi connectivity index (χ4n) is 6.63. The lowest BCUT2D eigenvalue weighted by Crippen LogP contribution is -2.51. The Kier molecular flexibility index (Phi) is 10.2. The van der Waals surface area contributed by atoms with Gasteiger partial charge in [-0.05, 0) is 60.9 Å². The lowest BCUT2D eigenvalue weighted by Gasteiger charge is -2.37. The quantitative estimate of drug-likeness (QED) is 0.356. The van der Waals surface area contributed by atoms with Crippen LogP contribution in [0.25, 0.3) is 0 Å². The minimum atomic E-state index is -4.74. The van der Waals surface area contributed by atoms with E-state index in [4.69, 9.17) is 14.2 Å². The highest BCUT2D eigenvalue weighted by molar-refractivity contribution is 5.88. The Labute approximate surface area is 260 Å². The summed E-state index contributed by atoms with van der Waals surface area (Å²) in [7, 11) is 1.22. The van der Waals surface area contributed by atoms with Gasteiger partial charge in [0, 0.05) is 18.1 Å². The van der Waals surface area contributed by atoms with Gasteiger partial charge in [0.25, 0.3) is 5.91 Å². The number of aliphatic hydroxyl groups is 2. The maximum Gasteiger partial charge on any atom is 0.416 e. The molecule has 0 aliphatic carbocycles. The number of hydrogen-bond acceptors (Lipinski definition) is 7. The average molecular weight is 638 g/mol. The highest BCUT2D eigenvalue weighted by Gasteiger charge is 2.60. The lowest BCUT2D eigenvalue weighted by atomic mass is 9.73. The van der Waals surface area contributed by atoms with Gasteiger partial charge in [-0.1, -0.05) is 45.0 Å². The van der Waals surface area contributed by atoms with E-state index in [9.17, 15) is 38.1 Å². The van der Waals surface area contributed by atoms with Crippen LogP contribution < -0.4 is 4.74 Å². The van der Waals surface area contributed by atoms with Gasteiger partial charge < -0.3 is 34.4 Å². The first-order chi connectivity index (χ1) is 21.0. The van der Waals surface area contributed by atoms with Crippen LogP contribution >= 0.6 is 0 Å². The Morgan fingerprint density at radius 1 is 1.09 bits per heavy atom. The zero-order valence-corrected chi connectivity index (χ0v) is 26.1. The van der Waals surface area contributed by atoms with Crippen LogP contribution in [0.5, 0.6) is 5.75 Å². The molecule has 4 rings (SSSR count). The van der Waals surface area contributed by atoms with E-state index in [2.05, 4.69) is 0 Å². The second kappa shape index (κ2) is 13.3. The molecule has 2 aromatic rings. The Morgan fingerprint density at radius 2 is 1.78 bits per heavy atom. The second-order valence-electron chi connectivity index (χ2n) is 13.0. The molecule has 2 aromatic carbocycles. The molecule has 1 amide bonds. The standard InChI is InChI=1S/C33H42F3NO8/c1-19-10-6-7-11-21(19)26-28(45-18-32(42,17-38)22-16-20(33(34,35)36)13-14-23(22)43-5)25(31(2,3)4)27(30(40)41)37(26)29(39)24-12-8-9-15-44-24/h6-7,10-11,13-14,16,24-28,38,42H,8-9,12,15,17-18H2,1-5H3,(H,40,41)/t24-,25+,26-,27-,28-,32-/m0/s1. The van der Waals surface area contributed by atoms with Crippen molar-refractivity contribution in [2.45, 2.75) is 83.0 Å². The van der Waals surface area contributed by atoms with Crippen LogP contribution in [0.15, 0.2) is 42.5 Å². The van der Waals surface area contributed by atoms with E-state index in [-0.39, 0.29) is 11.3 Å². The van der Waals surface area contributed by atoms with Crippen LogP contribution in [0.1, 0.15) is 68.3 Å². The number of ether oxygens (including phenoxy) is 3. The summed E-state index contributed by atoms with van der Waals surface area (Å²) in [4.78, 5) is 28.6. The molecule has 0 unspecified atom stereocenters. The number of carbonyl (C=O) groups is 2. The number of halogens is 3. The first kappa shape index (κ1) is 34.7. The first-order valence-corrected chi connectivity index (χ1v) is 15.0. The fourth-order valence-corrected chi connectivity index (χ4v) is 6.63. The number of aliphatic hydroxyl groups excluding tert-OH is 1. The van der Waals surface area contributed by atoms with Gasteiger partial charge in [-0.25, -0.2) is 4.79 Å². The van der Waals surface area contributed by atoms with Crippen molar-refractivity contribution in [1.29, 1.82) is 0 Å². The van der Waals surface area contributed by atoms with E-state index in [0.29, 0.717) is 24.7 Å². The lowest BCUT2D eigenvalue weighted by molar-refractivity contribution is -0.159. The summed E-state index contributed by atoms with van der Waals surface area (Å²) in [5.41, 5.74) is -3.19. The Bertz CT molecular complexity index is 1370. The van der Waals surface area contributed by atoms with Gasteiger partial charge in [-0.2, -0.15) is 13.2 Å². The van der Waals surface area contributed by atoms with E-state index in [0.717, 1.165) is 30.5 Å². The van der Waals surface area contributed by atoms with Crippen molar-refractivity contribution < 1.29 is 52.3 Å². The van der Waals surface area contributed by atoms with Crippen molar-refractivity contribution in [2.75, 3.05) is 26.9 Å². The molecule has 3 N–H and O–H groups in total. The molecule has 248 valence electrons. The molecule has 9 nitrogen and oxygen atoms in total. The molecule has 2 aliphatic heterocycles. The molecule has 12 heteroatoms. The largest absolute Gasteiger partial charge is 0.496 e. The van der Waals surface area contributed by atoms with Crippen LogP contribution in [0, 0.1) is 18.3 Å². The number of methoxy groups -OCH3 is 1. The number of carbonyl (C=O) groups excluding carboxylic acids is 1. The van der Waals surface area contributed by atoms with E-state index >= 15 is 0 Å². The number of alkyl halides is 3. The Morgan fingerprint density at radius 3 is 2.31 bits per heavy atom. The van der Waals surface area contributed by atoms with E-state index in [1.165, 1.54) is 12.0 Å². The van der Waals surface area contributed by atoms with E-state index < -0.39 is 78.1 Å².